The number of aliphatic hydroxyl groups excluding tert-OH is 2. The third-order valence-electron chi connectivity index (χ3n) is 2.27. The summed E-state index contributed by atoms with van der Waals surface area (Å²) in [6, 6.07) is 0. The van der Waals surface area contributed by atoms with Crippen molar-refractivity contribution in [2.45, 2.75) is 45.3 Å². The summed E-state index contributed by atoms with van der Waals surface area (Å²) in [6.07, 6.45) is 1.37. The Kier molecular flexibility index (Phi) is 5.46. The average Bonchev–Trinajstić information content (AvgIpc) is 2.02. The lowest BCUT2D eigenvalue weighted by atomic mass is 9.95. The zero-order valence-corrected chi connectivity index (χ0v) is 8.30. The van der Waals surface area contributed by atoms with E-state index in [4.69, 9.17) is 10.2 Å². The highest BCUT2D eigenvalue weighted by Crippen LogP contribution is 2.13. The van der Waals surface area contributed by atoms with Gasteiger partial charge in [-0.1, -0.05) is 6.92 Å². The molecule has 0 aliphatic heterocycles. The van der Waals surface area contributed by atoms with Gasteiger partial charge in [-0.05, 0) is 26.7 Å². The molecule has 2 unspecified atom stereocenters. The second kappa shape index (κ2) is 5.51. The molecule has 0 aromatic rings. The van der Waals surface area contributed by atoms with Crippen LogP contribution in [0.2, 0.25) is 0 Å². The topological polar surface area (TPSA) is 52.5 Å². The molecule has 0 aromatic heterocycles. The van der Waals surface area contributed by atoms with Crippen LogP contribution in [0.4, 0.5) is 0 Å². The second-order valence-electron chi connectivity index (χ2n) is 3.62. The van der Waals surface area contributed by atoms with Crippen molar-refractivity contribution in [3.05, 3.63) is 0 Å². The molecule has 0 fully saturated rings. The molecule has 0 spiro atoms. The fraction of sp³-hybridized carbons (Fsp3) is 1.00. The highest BCUT2D eigenvalue weighted by atomic mass is 16.3. The van der Waals surface area contributed by atoms with Crippen molar-refractivity contribution in [2.24, 2.45) is 0 Å². The van der Waals surface area contributed by atoms with Gasteiger partial charge < -0.3 is 15.5 Å². The fourth-order valence-corrected chi connectivity index (χ4v) is 1.03. The van der Waals surface area contributed by atoms with Crippen LogP contribution in [0.1, 0.15) is 33.6 Å². The van der Waals surface area contributed by atoms with Gasteiger partial charge in [-0.2, -0.15) is 0 Å². The van der Waals surface area contributed by atoms with Crippen LogP contribution in [0, 0.1) is 0 Å². The first-order valence-corrected chi connectivity index (χ1v) is 4.58. The van der Waals surface area contributed by atoms with Crippen LogP contribution in [0.5, 0.6) is 0 Å². The SMILES string of the molecule is CCC(C)(CCO)NCC(C)O. The Morgan fingerprint density at radius 3 is 2.42 bits per heavy atom. The molecule has 3 N–H and O–H groups in total. The van der Waals surface area contributed by atoms with E-state index in [1.54, 1.807) is 6.92 Å². The van der Waals surface area contributed by atoms with Crippen LogP contribution in [0.25, 0.3) is 0 Å². The van der Waals surface area contributed by atoms with Crippen molar-refractivity contribution in [3.8, 4) is 0 Å². The monoisotopic (exact) mass is 175 g/mol. The maximum atomic E-state index is 9.05. The number of hydrogen-bond acceptors (Lipinski definition) is 3. The molecule has 0 heterocycles. The van der Waals surface area contributed by atoms with E-state index in [0.717, 1.165) is 12.8 Å². The molecule has 0 rings (SSSR count). The number of rotatable bonds is 6. The lowest BCUT2D eigenvalue weighted by molar-refractivity contribution is 0.157. The van der Waals surface area contributed by atoms with Crippen LogP contribution in [-0.4, -0.2) is 35.0 Å². The van der Waals surface area contributed by atoms with E-state index in [0.29, 0.717) is 6.54 Å². The van der Waals surface area contributed by atoms with Crippen LogP contribution in [0.15, 0.2) is 0 Å². The maximum Gasteiger partial charge on any atom is 0.0636 e. The number of aliphatic hydroxyl groups is 2. The first kappa shape index (κ1) is 11.9. The summed E-state index contributed by atoms with van der Waals surface area (Å²) in [5.41, 5.74) is -0.0360. The zero-order chi connectivity index (χ0) is 9.61. The fourth-order valence-electron chi connectivity index (χ4n) is 1.03. The zero-order valence-electron chi connectivity index (χ0n) is 8.30. The largest absolute Gasteiger partial charge is 0.396 e. The van der Waals surface area contributed by atoms with Crippen LogP contribution in [-0.2, 0) is 0 Å². The van der Waals surface area contributed by atoms with Crippen molar-refractivity contribution in [1.82, 2.24) is 5.32 Å². The van der Waals surface area contributed by atoms with Crippen molar-refractivity contribution < 1.29 is 10.2 Å². The molecule has 3 nitrogen and oxygen atoms in total. The molecule has 0 amide bonds. The van der Waals surface area contributed by atoms with E-state index >= 15 is 0 Å². The van der Waals surface area contributed by atoms with Crippen LogP contribution < -0.4 is 5.32 Å². The van der Waals surface area contributed by atoms with Crippen molar-refractivity contribution in [1.29, 1.82) is 0 Å². The molecule has 74 valence electrons. The normalized spacial score (nSPS) is 18.8. The van der Waals surface area contributed by atoms with Crippen molar-refractivity contribution >= 4 is 0 Å². The number of nitrogens with one attached hydrogen (secondary N) is 1. The van der Waals surface area contributed by atoms with Gasteiger partial charge in [0, 0.05) is 18.7 Å². The van der Waals surface area contributed by atoms with E-state index < -0.39 is 0 Å². The molecule has 0 saturated carbocycles. The Hall–Kier alpha value is -0.120. The highest BCUT2D eigenvalue weighted by molar-refractivity contribution is 4.81. The van der Waals surface area contributed by atoms with E-state index in [2.05, 4.69) is 19.2 Å². The van der Waals surface area contributed by atoms with Crippen LogP contribution >= 0.6 is 0 Å². The molecule has 0 aliphatic rings. The van der Waals surface area contributed by atoms with Gasteiger partial charge in [-0.15, -0.1) is 0 Å². The minimum atomic E-state index is -0.324. The predicted octanol–water partition coefficient (Wildman–Crippen LogP) is 0.508. The van der Waals surface area contributed by atoms with E-state index in [-0.39, 0.29) is 18.2 Å². The summed E-state index contributed by atoms with van der Waals surface area (Å²) in [4.78, 5) is 0. The lowest BCUT2D eigenvalue weighted by Crippen LogP contribution is -2.45. The van der Waals surface area contributed by atoms with E-state index in [9.17, 15) is 0 Å². The molecule has 2 atom stereocenters. The lowest BCUT2D eigenvalue weighted by Gasteiger charge is -2.29. The molecule has 0 bridgehead atoms. The van der Waals surface area contributed by atoms with Gasteiger partial charge in [0.1, 0.15) is 0 Å². The van der Waals surface area contributed by atoms with Crippen LogP contribution in [0.3, 0.4) is 0 Å². The Bertz CT molecular complexity index is 117. The third kappa shape index (κ3) is 4.70. The van der Waals surface area contributed by atoms with Gasteiger partial charge in [0.15, 0.2) is 0 Å². The average molecular weight is 175 g/mol. The second-order valence-corrected chi connectivity index (χ2v) is 3.62. The van der Waals surface area contributed by atoms with E-state index in [1.807, 2.05) is 0 Å². The quantitative estimate of drug-likeness (QED) is 0.551. The summed E-state index contributed by atoms with van der Waals surface area (Å²) in [7, 11) is 0. The first-order valence-electron chi connectivity index (χ1n) is 4.58. The smallest absolute Gasteiger partial charge is 0.0636 e. The molecule has 12 heavy (non-hydrogen) atoms. The van der Waals surface area contributed by atoms with Gasteiger partial charge in [0.25, 0.3) is 0 Å². The summed E-state index contributed by atoms with van der Waals surface area (Å²) in [5.74, 6) is 0. The Labute approximate surface area is 74.8 Å². The van der Waals surface area contributed by atoms with Gasteiger partial charge in [-0.3, -0.25) is 0 Å². The summed E-state index contributed by atoms with van der Waals surface area (Å²) < 4.78 is 0. The first-order chi connectivity index (χ1) is 5.54. The maximum absolute atomic E-state index is 9.05. The highest BCUT2D eigenvalue weighted by Gasteiger charge is 2.20. The predicted molar refractivity (Wildman–Crippen MR) is 50.1 cm³/mol. The minimum absolute atomic E-state index is 0.0360. The third-order valence-corrected chi connectivity index (χ3v) is 2.27. The number of β-amino-alcohol motifs (C(OH)–C–C–N with tert-alkyl or cyclic N) is 1. The van der Waals surface area contributed by atoms with Crippen molar-refractivity contribution in [3.63, 3.8) is 0 Å². The molecule has 0 aromatic carbocycles. The molecule has 0 aliphatic carbocycles. The van der Waals surface area contributed by atoms with Gasteiger partial charge in [0.05, 0.1) is 6.10 Å². The van der Waals surface area contributed by atoms with Gasteiger partial charge in [-0.25, -0.2) is 0 Å². The molecular formula is C9H21NO2. The Balaban J connectivity index is 3.78. The summed E-state index contributed by atoms with van der Waals surface area (Å²) >= 11 is 0. The molecule has 0 radical (unpaired) electrons. The number of hydrogen-bond donors (Lipinski definition) is 3. The molecular weight excluding hydrogens is 154 g/mol. The standard InChI is InChI=1S/C9H21NO2/c1-4-9(3,5-6-11)10-7-8(2)12/h8,10-12H,4-7H2,1-3H3. The molecule has 0 saturated heterocycles. The Morgan fingerprint density at radius 2 is 2.08 bits per heavy atom. The molecule has 3 heteroatoms. The Morgan fingerprint density at radius 1 is 1.50 bits per heavy atom. The summed E-state index contributed by atoms with van der Waals surface area (Å²) in [5, 5.41) is 21.1. The van der Waals surface area contributed by atoms with E-state index in [1.165, 1.54) is 0 Å². The van der Waals surface area contributed by atoms with Crippen molar-refractivity contribution in [2.75, 3.05) is 13.2 Å². The summed E-state index contributed by atoms with van der Waals surface area (Å²) in [6.45, 7) is 6.67. The van der Waals surface area contributed by atoms with Gasteiger partial charge >= 0.3 is 0 Å². The van der Waals surface area contributed by atoms with Gasteiger partial charge in [0.2, 0.25) is 0 Å². The minimum Gasteiger partial charge on any atom is -0.396 e.